The molecule has 0 aliphatic heterocycles. The molecule has 0 aromatic heterocycles. The van der Waals surface area contributed by atoms with Crippen molar-refractivity contribution in [2.75, 3.05) is 26.4 Å². The Bertz CT molecular complexity index is 1150. The Hall–Kier alpha value is -2.29. The minimum absolute atomic E-state index is 0.0458. The zero-order valence-electron chi connectivity index (χ0n) is 37.7. The lowest BCUT2D eigenvalue weighted by Crippen LogP contribution is -2.29. The molecule has 0 aromatic rings. The lowest BCUT2D eigenvalue weighted by Gasteiger charge is -2.19. The third-order valence-electron chi connectivity index (χ3n) is 9.86. The van der Waals surface area contributed by atoms with E-state index in [1.165, 1.54) is 109 Å². The highest BCUT2D eigenvalue weighted by atomic mass is 31.2. The Morgan fingerprint density at radius 1 is 0.508 bits per heavy atom. The maximum absolute atomic E-state index is 12.6. The lowest BCUT2D eigenvalue weighted by molar-refractivity contribution is -0.161. The highest BCUT2D eigenvalue weighted by molar-refractivity contribution is 7.47. The molecule has 0 fully saturated rings. The van der Waals surface area contributed by atoms with Crippen LogP contribution in [0.1, 0.15) is 206 Å². The van der Waals surface area contributed by atoms with Gasteiger partial charge in [0.25, 0.3) is 0 Å². The monoisotopic (exact) mass is 850 g/mol. The minimum Gasteiger partial charge on any atom is -0.462 e. The Balaban J connectivity index is 4.13. The molecule has 59 heavy (non-hydrogen) atoms. The summed E-state index contributed by atoms with van der Waals surface area (Å²) < 4.78 is 32.8. The number of hydrogen-bond acceptors (Lipinski definition) is 8. The van der Waals surface area contributed by atoms with E-state index in [4.69, 9.17) is 24.3 Å². The van der Waals surface area contributed by atoms with Crippen LogP contribution < -0.4 is 5.73 Å². The van der Waals surface area contributed by atoms with Gasteiger partial charge in [0.15, 0.2) is 6.10 Å². The Labute approximate surface area is 361 Å². The number of rotatable bonds is 44. The molecule has 0 rings (SSSR count). The van der Waals surface area contributed by atoms with Crippen LogP contribution in [0.2, 0.25) is 0 Å². The number of unbranched alkanes of at least 4 members (excludes halogenated alkanes) is 21. The molecule has 0 aromatic carbocycles. The zero-order valence-corrected chi connectivity index (χ0v) is 38.6. The third-order valence-corrected chi connectivity index (χ3v) is 10.8. The summed E-state index contributed by atoms with van der Waals surface area (Å²) in [6.07, 6.45) is 54.0. The number of carbonyl (C=O) groups excluding carboxylic acids is 2. The molecule has 3 N–H and O–H groups in total. The van der Waals surface area contributed by atoms with E-state index in [1.54, 1.807) is 0 Å². The lowest BCUT2D eigenvalue weighted by atomic mass is 10.0. The van der Waals surface area contributed by atoms with Gasteiger partial charge in [-0.1, -0.05) is 177 Å². The number of allylic oxidation sites excluding steroid dienone is 10. The van der Waals surface area contributed by atoms with Gasteiger partial charge in [-0.3, -0.25) is 18.6 Å². The molecule has 9 nitrogen and oxygen atoms in total. The van der Waals surface area contributed by atoms with Crippen molar-refractivity contribution in [1.29, 1.82) is 0 Å². The van der Waals surface area contributed by atoms with Gasteiger partial charge in [0.05, 0.1) is 13.2 Å². The van der Waals surface area contributed by atoms with Crippen LogP contribution in [0.15, 0.2) is 60.8 Å². The summed E-state index contributed by atoms with van der Waals surface area (Å²) in [5.41, 5.74) is 5.35. The van der Waals surface area contributed by atoms with Gasteiger partial charge >= 0.3 is 19.8 Å². The Morgan fingerprint density at radius 3 is 1.41 bits per heavy atom. The first-order valence-corrected chi connectivity index (χ1v) is 25.3. The molecule has 10 heteroatoms. The zero-order chi connectivity index (χ0) is 43.2. The number of ether oxygens (including phenoxy) is 2. The standard InChI is InChI=1S/C49H88NO8P/c1-3-5-7-9-11-13-15-17-19-21-22-23-24-26-27-29-31-33-35-37-39-41-48(51)55-45-47(46-57-59(53,54)56-44-43-50)58-49(52)42-40-38-36-34-32-30-28-25-20-18-16-14-12-10-8-6-4-2/h8,10,14,16-17,19-20,25,30,32,47H,3-7,9,11-13,15,18,21-24,26-29,31,33-46,50H2,1-2H3,(H,53,54)/b10-8+,16-14+,19-17+,25-20+,32-30+/t47-/m1/s1. The van der Waals surface area contributed by atoms with Crippen LogP contribution in [0.4, 0.5) is 0 Å². The van der Waals surface area contributed by atoms with Gasteiger partial charge in [-0.2, -0.15) is 0 Å². The van der Waals surface area contributed by atoms with Crippen molar-refractivity contribution in [3.63, 3.8) is 0 Å². The minimum atomic E-state index is -4.39. The molecular weight excluding hydrogens is 762 g/mol. The number of carbonyl (C=O) groups is 2. The van der Waals surface area contributed by atoms with Crippen LogP contribution in [-0.2, 0) is 32.7 Å². The maximum Gasteiger partial charge on any atom is 0.472 e. The SMILES string of the molecule is CCC/C=C/C/C=C/C/C=C/C/C=C/CCCCCC(=O)O[C@H](COC(=O)CCCCCCCCCCCCC/C=C/CCCCCCCC)COP(=O)(O)OCCN. The molecule has 0 aliphatic carbocycles. The number of hydrogen-bond donors (Lipinski definition) is 2. The van der Waals surface area contributed by atoms with Gasteiger partial charge in [-0.05, 0) is 77.0 Å². The molecule has 0 spiro atoms. The van der Waals surface area contributed by atoms with Gasteiger partial charge < -0.3 is 20.1 Å². The second-order valence-corrected chi connectivity index (χ2v) is 17.1. The molecule has 0 aliphatic rings. The maximum atomic E-state index is 12.6. The molecule has 0 saturated carbocycles. The molecule has 0 amide bonds. The van der Waals surface area contributed by atoms with E-state index in [0.29, 0.717) is 6.42 Å². The van der Waals surface area contributed by atoms with Gasteiger partial charge in [0.1, 0.15) is 6.61 Å². The van der Waals surface area contributed by atoms with Gasteiger partial charge in [0, 0.05) is 19.4 Å². The van der Waals surface area contributed by atoms with E-state index < -0.39 is 32.5 Å². The van der Waals surface area contributed by atoms with E-state index in [2.05, 4.69) is 74.6 Å². The van der Waals surface area contributed by atoms with Crippen molar-refractivity contribution in [2.45, 2.75) is 213 Å². The highest BCUT2D eigenvalue weighted by Crippen LogP contribution is 2.43. The van der Waals surface area contributed by atoms with Crippen LogP contribution in [-0.4, -0.2) is 49.3 Å². The summed E-state index contributed by atoms with van der Waals surface area (Å²) in [4.78, 5) is 35.0. The molecule has 2 atom stereocenters. The molecule has 0 radical (unpaired) electrons. The van der Waals surface area contributed by atoms with E-state index in [0.717, 1.165) is 64.2 Å². The average Bonchev–Trinajstić information content (AvgIpc) is 3.22. The fraction of sp³-hybridized carbons (Fsp3) is 0.755. The van der Waals surface area contributed by atoms with Crippen LogP contribution in [0.3, 0.4) is 0 Å². The normalized spacial score (nSPS) is 13.8. The van der Waals surface area contributed by atoms with Crippen molar-refractivity contribution in [2.24, 2.45) is 5.73 Å². The molecule has 0 saturated heterocycles. The summed E-state index contributed by atoms with van der Waals surface area (Å²) in [7, 11) is -4.39. The third kappa shape index (κ3) is 45.1. The Morgan fingerprint density at radius 2 is 0.915 bits per heavy atom. The molecular formula is C49H88NO8P. The van der Waals surface area contributed by atoms with Crippen LogP contribution in [0.25, 0.3) is 0 Å². The van der Waals surface area contributed by atoms with Crippen molar-refractivity contribution >= 4 is 19.8 Å². The summed E-state index contributed by atoms with van der Waals surface area (Å²) in [5.74, 6) is -0.865. The summed E-state index contributed by atoms with van der Waals surface area (Å²) in [6, 6.07) is 0. The number of phosphoric acid groups is 1. The number of phosphoric ester groups is 1. The van der Waals surface area contributed by atoms with E-state index >= 15 is 0 Å². The molecule has 342 valence electrons. The van der Waals surface area contributed by atoms with Gasteiger partial charge in [-0.15, -0.1) is 0 Å². The number of esters is 2. The van der Waals surface area contributed by atoms with Crippen molar-refractivity contribution in [3.05, 3.63) is 60.8 Å². The first-order chi connectivity index (χ1) is 28.8. The second kappa shape index (κ2) is 45.2. The van der Waals surface area contributed by atoms with Crippen molar-refractivity contribution in [3.8, 4) is 0 Å². The molecule has 1 unspecified atom stereocenters. The van der Waals surface area contributed by atoms with Crippen LogP contribution in [0, 0.1) is 0 Å². The quantitative estimate of drug-likeness (QED) is 0.0266. The van der Waals surface area contributed by atoms with E-state index in [1.807, 2.05) is 0 Å². The fourth-order valence-corrected chi connectivity index (χ4v) is 7.09. The second-order valence-electron chi connectivity index (χ2n) is 15.6. The van der Waals surface area contributed by atoms with Crippen LogP contribution >= 0.6 is 7.82 Å². The first-order valence-electron chi connectivity index (χ1n) is 23.8. The predicted molar refractivity (Wildman–Crippen MR) is 247 cm³/mol. The van der Waals surface area contributed by atoms with E-state index in [9.17, 15) is 19.0 Å². The van der Waals surface area contributed by atoms with Crippen molar-refractivity contribution in [1.82, 2.24) is 0 Å². The fourth-order valence-electron chi connectivity index (χ4n) is 6.33. The highest BCUT2D eigenvalue weighted by Gasteiger charge is 2.26. The largest absolute Gasteiger partial charge is 0.472 e. The number of nitrogens with two attached hydrogens (primary N) is 1. The average molecular weight is 850 g/mol. The van der Waals surface area contributed by atoms with Gasteiger partial charge in [-0.25, -0.2) is 4.57 Å². The first kappa shape index (κ1) is 56.7. The van der Waals surface area contributed by atoms with Crippen molar-refractivity contribution < 1.29 is 37.6 Å². The summed E-state index contributed by atoms with van der Waals surface area (Å²) in [5, 5.41) is 0. The summed E-state index contributed by atoms with van der Waals surface area (Å²) in [6.45, 7) is 3.63. The van der Waals surface area contributed by atoms with E-state index in [-0.39, 0.29) is 32.6 Å². The molecule has 0 bridgehead atoms. The predicted octanol–water partition coefficient (Wildman–Crippen LogP) is 14.1. The summed E-state index contributed by atoms with van der Waals surface area (Å²) >= 11 is 0. The van der Waals surface area contributed by atoms with Gasteiger partial charge in [0.2, 0.25) is 0 Å². The Kier molecular flexibility index (Phi) is 43.5. The smallest absolute Gasteiger partial charge is 0.462 e. The molecule has 0 heterocycles. The topological polar surface area (TPSA) is 134 Å². The van der Waals surface area contributed by atoms with Crippen LogP contribution in [0.5, 0.6) is 0 Å².